The van der Waals surface area contributed by atoms with E-state index >= 15 is 0 Å². The van der Waals surface area contributed by atoms with Crippen molar-refractivity contribution in [3.63, 3.8) is 0 Å². The molecule has 1 aliphatic heterocycles. The average Bonchev–Trinajstić information content (AvgIpc) is 2.86. The molecule has 1 unspecified atom stereocenters. The lowest BCUT2D eigenvalue weighted by Gasteiger charge is -2.33. The number of alkyl halides is 3. The standard InChI is InChI=1S/C15H26F3N3O/c1-2-19-13(20-10-12(22)15(16,17)18)21-9-8-14(11-21)6-4-3-5-7-14/h12,22H,2-11H2,1H3,(H,19,20). The van der Waals surface area contributed by atoms with Gasteiger partial charge in [-0.2, -0.15) is 13.2 Å². The molecule has 128 valence electrons. The molecule has 1 heterocycles. The van der Waals surface area contributed by atoms with Crippen molar-refractivity contribution in [3.05, 3.63) is 0 Å². The van der Waals surface area contributed by atoms with Crippen molar-refractivity contribution in [1.82, 2.24) is 10.2 Å². The highest BCUT2D eigenvalue weighted by molar-refractivity contribution is 5.80. The fourth-order valence-corrected chi connectivity index (χ4v) is 3.53. The summed E-state index contributed by atoms with van der Waals surface area (Å²) in [6.45, 7) is 3.54. The van der Waals surface area contributed by atoms with Crippen LogP contribution in [0.1, 0.15) is 45.4 Å². The summed E-state index contributed by atoms with van der Waals surface area (Å²) >= 11 is 0. The van der Waals surface area contributed by atoms with Gasteiger partial charge in [0.05, 0.1) is 6.54 Å². The molecule has 0 bridgehead atoms. The topological polar surface area (TPSA) is 47.9 Å². The van der Waals surface area contributed by atoms with Crippen molar-refractivity contribution in [3.8, 4) is 0 Å². The first-order valence-electron chi connectivity index (χ1n) is 8.14. The van der Waals surface area contributed by atoms with E-state index in [1.54, 1.807) is 0 Å². The van der Waals surface area contributed by atoms with E-state index in [0.717, 1.165) is 19.5 Å². The Hall–Kier alpha value is -0.980. The van der Waals surface area contributed by atoms with E-state index in [1.165, 1.54) is 32.1 Å². The quantitative estimate of drug-likeness (QED) is 0.620. The molecule has 1 saturated carbocycles. The Kier molecular flexibility index (Phi) is 5.58. The minimum absolute atomic E-state index is 0.317. The van der Waals surface area contributed by atoms with Gasteiger partial charge in [-0.15, -0.1) is 0 Å². The number of aliphatic imine (C=N–C) groups is 1. The van der Waals surface area contributed by atoms with E-state index in [1.807, 2.05) is 6.92 Å². The highest BCUT2D eigenvalue weighted by Gasteiger charge is 2.41. The maximum absolute atomic E-state index is 12.4. The second-order valence-corrected chi connectivity index (χ2v) is 6.48. The van der Waals surface area contributed by atoms with Gasteiger partial charge < -0.3 is 15.3 Å². The molecule has 4 nitrogen and oxygen atoms in total. The van der Waals surface area contributed by atoms with Crippen molar-refractivity contribution in [2.75, 3.05) is 26.2 Å². The minimum Gasteiger partial charge on any atom is -0.382 e. The van der Waals surface area contributed by atoms with Crippen LogP contribution in [0.2, 0.25) is 0 Å². The maximum Gasteiger partial charge on any atom is 0.416 e. The summed E-state index contributed by atoms with van der Waals surface area (Å²) in [7, 11) is 0. The molecule has 7 heteroatoms. The van der Waals surface area contributed by atoms with Crippen molar-refractivity contribution >= 4 is 5.96 Å². The molecule has 2 aliphatic rings. The predicted molar refractivity (Wildman–Crippen MR) is 79.7 cm³/mol. The van der Waals surface area contributed by atoms with Crippen LogP contribution in [-0.2, 0) is 0 Å². The molecule has 0 amide bonds. The first kappa shape index (κ1) is 17.4. The molecule has 1 spiro atoms. The predicted octanol–water partition coefficient (Wildman–Crippen LogP) is 2.53. The third-order valence-corrected chi connectivity index (χ3v) is 4.78. The van der Waals surface area contributed by atoms with E-state index in [0.29, 0.717) is 17.9 Å². The van der Waals surface area contributed by atoms with Gasteiger partial charge in [0.1, 0.15) is 0 Å². The average molecular weight is 321 g/mol. The molecule has 2 rings (SSSR count). The van der Waals surface area contributed by atoms with Gasteiger partial charge in [0.15, 0.2) is 12.1 Å². The number of aliphatic hydroxyl groups is 1. The number of hydrogen-bond donors (Lipinski definition) is 2. The monoisotopic (exact) mass is 321 g/mol. The van der Waals surface area contributed by atoms with Crippen LogP contribution in [0.4, 0.5) is 13.2 Å². The largest absolute Gasteiger partial charge is 0.416 e. The Morgan fingerprint density at radius 3 is 2.55 bits per heavy atom. The molecule has 0 radical (unpaired) electrons. The van der Waals surface area contributed by atoms with Crippen LogP contribution in [0.3, 0.4) is 0 Å². The fourth-order valence-electron chi connectivity index (χ4n) is 3.53. The summed E-state index contributed by atoms with van der Waals surface area (Å²) in [5.41, 5.74) is 0.317. The number of guanidine groups is 1. The van der Waals surface area contributed by atoms with Crippen LogP contribution in [-0.4, -0.2) is 54.4 Å². The van der Waals surface area contributed by atoms with Crippen molar-refractivity contribution in [2.24, 2.45) is 10.4 Å². The van der Waals surface area contributed by atoms with Crippen LogP contribution in [0, 0.1) is 5.41 Å². The lowest BCUT2D eigenvalue weighted by atomic mass is 9.73. The number of nitrogens with zero attached hydrogens (tertiary/aromatic N) is 2. The number of halogens is 3. The molecule has 0 aromatic rings. The summed E-state index contributed by atoms with van der Waals surface area (Å²) in [6, 6.07) is 0. The van der Waals surface area contributed by atoms with Crippen molar-refractivity contribution < 1.29 is 18.3 Å². The summed E-state index contributed by atoms with van der Waals surface area (Å²) in [5.74, 6) is 0.494. The third kappa shape index (κ3) is 4.27. The molecular weight excluding hydrogens is 295 g/mol. The van der Waals surface area contributed by atoms with Gasteiger partial charge in [-0.05, 0) is 31.6 Å². The summed E-state index contributed by atoms with van der Waals surface area (Å²) in [5, 5.41) is 12.2. The molecule has 1 atom stereocenters. The number of likely N-dealkylation sites (tertiary alicyclic amines) is 1. The van der Waals surface area contributed by atoms with E-state index in [-0.39, 0.29) is 0 Å². The van der Waals surface area contributed by atoms with Crippen molar-refractivity contribution in [1.29, 1.82) is 0 Å². The summed E-state index contributed by atoms with van der Waals surface area (Å²) in [6.07, 6.45) is 0.251. The fraction of sp³-hybridized carbons (Fsp3) is 0.933. The normalized spacial score (nSPS) is 23.9. The molecular formula is C15H26F3N3O. The van der Waals surface area contributed by atoms with E-state index in [2.05, 4.69) is 15.2 Å². The molecule has 2 fully saturated rings. The molecule has 0 aromatic heterocycles. The zero-order valence-electron chi connectivity index (χ0n) is 13.1. The zero-order chi connectivity index (χ0) is 16.2. The van der Waals surface area contributed by atoms with E-state index < -0.39 is 18.8 Å². The molecule has 1 saturated heterocycles. The lowest BCUT2D eigenvalue weighted by Crippen LogP contribution is -2.42. The van der Waals surface area contributed by atoms with Gasteiger partial charge in [-0.3, -0.25) is 4.99 Å². The number of hydrogen-bond acceptors (Lipinski definition) is 2. The van der Waals surface area contributed by atoms with Crippen LogP contribution < -0.4 is 5.32 Å². The Morgan fingerprint density at radius 2 is 1.95 bits per heavy atom. The second-order valence-electron chi connectivity index (χ2n) is 6.48. The van der Waals surface area contributed by atoms with Gasteiger partial charge in [0, 0.05) is 19.6 Å². The van der Waals surface area contributed by atoms with Crippen molar-refractivity contribution in [2.45, 2.75) is 57.7 Å². The molecule has 0 aromatic carbocycles. The van der Waals surface area contributed by atoms with E-state index in [9.17, 15) is 13.2 Å². The zero-order valence-corrected chi connectivity index (χ0v) is 13.1. The smallest absolute Gasteiger partial charge is 0.382 e. The first-order chi connectivity index (χ1) is 10.4. The number of rotatable bonds is 3. The molecule has 22 heavy (non-hydrogen) atoms. The maximum atomic E-state index is 12.4. The van der Waals surface area contributed by atoms with Crippen LogP contribution in [0.5, 0.6) is 0 Å². The van der Waals surface area contributed by atoms with Gasteiger partial charge in [0.25, 0.3) is 0 Å². The van der Waals surface area contributed by atoms with E-state index in [4.69, 9.17) is 5.11 Å². The first-order valence-corrected chi connectivity index (χ1v) is 8.14. The Balaban J connectivity index is 1.99. The molecule has 2 N–H and O–H groups in total. The van der Waals surface area contributed by atoms with Gasteiger partial charge in [-0.1, -0.05) is 19.3 Å². The van der Waals surface area contributed by atoms with Crippen LogP contribution >= 0.6 is 0 Å². The number of aliphatic hydroxyl groups excluding tert-OH is 1. The Bertz CT molecular complexity index is 392. The Labute approximate surface area is 129 Å². The highest BCUT2D eigenvalue weighted by Crippen LogP contribution is 2.43. The summed E-state index contributed by atoms with van der Waals surface area (Å²) < 4.78 is 37.2. The second kappa shape index (κ2) is 7.06. The van der Waals surface area contributed by atoms with Gasteiger partial charge in [0.2, 0.25) is 0 Å². The summed E-state index contributed by atoms with van der Waals surface area (Å²) in [4.78, 5) is 6.05. The third-order valence-electron chi connectivity index (χ3n) is 4.78. The van der Waals surface area contributed by atoms with Crippen LogP contribution in [0.25, 0.3) is 0 Å². The molecule has 1 aliphatic carbocycles. The highest BCUT2D eigenvalue weighted by atomic mass is 19.4. The lowest BCUT2D eigenvalue weighted by molar-refractivity contribution is -0.199. The number of nitrogens with one attached hydrogen (secondary N) is 1. The SMILES string of the molecule is CCNC(=NCC(O)C(F)(F)F)N1CCC2(CCCCC2)C1. The van der Waals surface area contributed by atoms with Crippen LogP contribution in [0.15, 0.2) is 4.99 Å². The Morgan fingerprint density at radius 1 is 1.27 bits per heavy atom. The van der Waals surface area contributed by atoms with Gasteiger partial charge >= 0.3 is 6.18 Å². The van der Waals surface area contributed by atoms with Gasteiger partial charge in [-0.25, -0.2) is 0 Å². The minimum atomic E-state index is -4.61.